The third-order valence-corrected chi connectivity index (χ3v) is 1.08. The maximum absolute atomic E-state index is 11.8. The standard InChI is InChI=1S/C6H9F3N2O/c1-2-12-11-4-5(3-10)6(7,8)9/h5,11H,2,4H2,1H3. The molecule has 1 unspecified atom stereocenters. The highest BCUT2D eigenvalue weighted by Crippen LogP contribution is 2.24. The van der Waals surface area contributed by atoms with Gasteiger partial charge in [0.25, 0.3) is 0 Å². The van der Waals surface area contributed by atoms with E-state index in [1.807, 2.05) is 0 Å². The Hall–Kier alpha value is -0.800. The van der Waals surface area contributed by atoms with Gasteiger partial charge in [0.2, 0.25) is 0 Å². The molecular formula is C6H9F3N2O. The van der Waals surface area contributed by atoms with Gasteiger partial charge in [-0.05, 0) is 6.92 Å². The molecule has 0 amide bonds. The van der Waals surface area contributed by atoms with Crippen LogP contribution in [0.5, 0.6) is 0 Å². The molecule has 0 aromatic carbocycles. The molecule has 0 saturated heterocycles. The van der Waals surface area contributed by atoms with Crippen molar-refractivity contribution in [2.75, 3.05) is 13.2 Å². The zero-order valence-electron chi connectivity index (χ0n) is 6.48. The molecule has 0 heterocycles. The predicted octanol–water partition coefficient (Wildman–Crippen LogP) is 1.23. The van der Waals surface area contributed by atoms with Gasteiger partial charge in [-0.1, -0.05) is 0 Å². The van der Waals surface area contributed by atoms with Crippen LogP contribution in [-0.2, 0) is 4.84 Å². The van der Waals surface area contributed by atoms with Gasteiger partial charge >= 0.3 is 6.18 Å². The van der Waals surface area contributed by atoms with E-state index in [1.165, 1.54) is 0 Å². The number of hydrogen-bond acceptors (Lipinski definition) is 3. The average molecular weight is 182 g/mol. The SMILES string of the molecule is CCONCC(C#N)C(F)(F)F. The van der Waals surface area contributed by atoms with Gasteiger partial charge in [0.1, 0.15) is 0 Å². The van der Waals surface area contributed by atoms with E-state index in [0.717, 1.165) is 6.07 Å². The van der Waals surface area contributed by atoms with Crippen molar-refractivity contribution in [2.45, 2.75) is 13.1 Å². The smallest absolute Gasteiger partial charge is 0.302 e. The summed E-state index contributed by atoms with van der Waals surface area (Å²) < 4.78 is 35.5. The number of alkyl halides is 3. The molecule has 0 aromatic rings. The molecule has 0 radical (unpaired) electrons. The molecule has 0 spiro atoms. The Balaban J connectivity index is 3.79. The van der Waals surface area contributed by atoms with Crippen LogP contribution in [0.1, 0.15) is 6.92 Å². The second-order valence-corrected chi connectivity index (χ2v) is 2.00. The van der Waals surface area contributed by atoms with E-state index in [4.69, 9.17) is 5.26 Å². The molecule has 0 rings (SSSR count). The molecule has 0 aliphatic carbocycles. The van der Waals surface area contributed by atoms with E-state index >= 15 is 0 Å². The van der Waals surface area contributed by atoms with Crippen LogP contribution in [0.25, 0.3) is 0 Å². The molecular weight excluding hydrogens is 173 g/mol. The fourth-order valence-electron chi connectivity index (χ4n) is 0.479. The number of halogens is 3. The highest BCUT2D eigenvalue weighted by molar-refractivity contribution is 4.88. The van der Waals surface area contributed by atoms with Crippen LogP contribution in [0.15, 0.2) is 0 Å². The molecule has 12 heavy (non-hydrogen) atoms. The van der Waals surface area contributed by atoms with Crippen molar-refractivity contribution in [3.8, 4) is 6.07 Å². The van der Waals surface area contributed by atoms with Crippen molar-refractivity contribution < 1.29 is 18.0 Å². The van der Waals surface area contributed by atoms with Crippen LogP contribution in [0.3, 0.4) is 0 Å². The van der Waals surface area contributed by atoms with E-state index < -0.39 is 18.6 Å². The minimum atomic E-state index is -4.49. The molecule has 0 aliphatic rings. The van der Waals surface area contributed by atoms with Crippen LogP contribution < -0.4 is 5.48 Å². The normalized spacial score (nSPS) is 13.9. The summed E-state index contributed by atoms with van der Waals surface area (Å²) in [5.41, 5.74) is 2.05. The summed E-state index contributed by atoms with van der Waals surface area (Å²) in [5, 5.41) is 8.10. The number of rotatable bonds is 4. The van der Waals surface area contributed by atoms with Crippen LogP contribution in [-0.4, -0.2) is 19.3 Å². The first kappa shape index (κ1) is 11.2. The van der Waals surface area contributed by atoms with Gasteiger partial charge in [-0.15, -0.1) is 0 Å². The van der Waals surface area contributed by atoms with Crippen LogP contribution >= 0.6 is 0 Å². The van der Waals surface area contributed by atoms with Gasteiger partial charge in [-0.2, -0.15) is 18.4 Å². The Morgan fingerprint density at radius 2 is 2.17 bits per heavy atom. The van der Waals surface area contributed by atoms with E-state index in [2.05, 4.69) is 10.3 Å². The first-order valence-corrected chi connectivity index (χ1v) is 3.33. The highest BCUT2D eigenvalue weighted by atomic mass is 19.4. The van der Waals surface area contributed by atoms with Gasteiger partial charge < -0.3 is 4.84 Å². The van der Waals surface area contributed by atoms with E-state index in [1.54, 1.807) is 6.92 Å². The Morgan fingerprint density at radius 3 is 2.50 bits per heavy atom. The summed E-state index contributed by atoms with van der Waals surface area (Å²) in [6.07, 6.45) is -4.49. The van der Waals surface area contributed by atoms with Crippen molar-refractivity contribution in [3.05, 3.63) is 0 Å². The summed E-state index contributed by atoms with van der Waals surface area (Å²) in [6, 6.07) is 1.13. The molecule has 0 saturated carbocycles. The second kappa shape index (κ2) is 4.95. The lowest BCUT2D eigenvalue weighted by Gasteiger charge is -2.12. The fraction of sp³-hybridized carbons (Fsp3) is 0.833. The Kier molecular flexibility index (Phi) is 4.62. The number of hydroxylamine groups is 1. The summed E-state index contributed by atoms with van der Waals surface area (Å²) in [4.78, 5) is 4.46. The molecule has 70 valence electrons. The monoisotopic (exact) mass is 182 g/mol. The molecule has 0 aliphatic heterocycles. The summed E-state index contributed by atoms with van der Waals surface area (Å²) >= 11 is 0. The zero-order chi connectivity index (χ0) is 9.61. The van der Waals surface area contributed by atoms with Crippen LogP contribution in [0.4, 0.5) is 13.2 Å². The van der Waals surface area contributed by atoms with Crippen molar-refractivity contribution in [2.24, 2.45) is 5.92 Å². The molecule has 0 aromatic heterocycles. The quantitative estimate of drug-likeness (QED) is 0.525. The largest absolute Gasteiger partial charge is 0.405 e. The topological polar surface area (TPSA) is 45.0 Å². The van der Waals surface area contributed by atoms with E-state index in [-0.39, 0.29) is 6.61 Å². The minimum Gasteiger partial charge on any atom is -0.302 e. The zero-order valence-corrected chi connectivity index (χ0v) is 6.48. The highest BCUT2D eigenvalue weighted by Gasteiger charge is 2.39. The second-order valence-electron chi connectivity index (χ2n) is 2.00. The van der Waals surface area contributed by atoms with Gasteiger partial charge in [-0.3, -0.25) is 0 Å². The Morgan fingerprint density at radius 1 is 1.58 bits per heavy atom. The summed E-state index contributed by atoms with van der Waals surface area (Å²) in [7, 11) is 0. The Bertz CT molecular complexity index is 163. The lowest BCUT2D eigenvalue weighted by atomic mass is 10.2. The lowest BCUT2D eigenvalue weighted by molar-refractivity contribution is -0.163. The van der Waals surface area contributed by atoms with Crippen LogP contribution in [0.2, 0.25) is 0 Å². The van der Waals surface area contributed by atoms with Gasteiger partial charge in [0, 0.05) is 6.54 Å². The first-order valence-electron chi connectivity index (χ1n) is 3.33. The van der Waals surface area contributed by atoms with Crippen molar-refractivity contribution in [1.82, 2.24) is 5.48 Å². The number of nitriles is 1. The lowest BCUT2D eigenvalue weighted by Crippen LogP contribution is -2.32. The third-order valence-electron chi connectivity index (χ3n) is 1.08. The van der Waals surface area contributed by atoms with Gasteiger partial charge in [0.15, 0.2) is 5.92 Å². The van der Waals surface area contributed by atoms with Crippen molar-refractivity contribution in [3.63, 3.8) is 0 Å². The fourth-order valence-corrected chi connectivity index (χ4v) is 0.479. The Labute approximate surface area is 68.1 Å². The van der Waals surface area contributed by atoms with E-state index in [0.29, 0.717) is 0 Å². The van der Waals surface area contributed by atoms with Crippen LogP contribution in [0, 0.1) is 17.2 Å². The first-order chi connectivity index (χ1) is 5.52. The minimum absolute atomic E-state index is 0.260. The predicted molar refractivity (Wildman–Crippen MR) is 34.8 cm³/mol. The molecule has 1 N–H and O–H groups in total. The van der Waals surface area contributed by atoms with Crippen molar-refractivity contribution in [1.29, 1.82) is 5.26 Å². The molecule has 6 heteroatoms. The maximum Gasteiger partial charge on any atom is 0.405 e. The molecule has 0 fully saturated rings. The summed E-state index contributed by atoms with van der Waals surface area (Å²) in [6.45, 7) is 1.35. The maximum atomic E-state index is 11.8. The molecule has 0 bridgehead atoms. The van der Waals surface area contributed by atoms with Crippen molar-refractivity contribution >= 4 is 0 Å². The van der Waals surface area contributed by atoms with Gasteiger partial charge in [-0.25, -0.2) is 5.48 Å². The summed E-state index contributed by atoms with van der Waals surface area (Å²) in [5.74, 6) is -2.01. The van der Waals surface area contributed by atoms with E-state index in [9.17, 15) is 13.2 Å². The molecule has 1 atom stereocenters. The third kappa shape index (κ3) is 4.16. The van der Waals surface area contributed by atoms with Gasteiger partial charge in [0.05, 0.1) is 12.7 Å². The average Bonchev–Trinajstić information content (AvgIpc) is 1.95. The molecule has 3 nitrogen and oxygen atoms in total. The number of nitrogens with one attached hydrogen (secondary N) is 1. The number of hydrogen-bond donors (Lipinski definition) is 1. The number of nitrogens with zero attached hydrogens (tertiary/aromatic N) is 1.